The molecule has 2 heterocycles. The topological polar surface area (TPSA) is 83.4 Å². The second-order valence-corrected chi connectivity index (χ2v) is 5.70. The number of anilines is 1. The van der Waals surface area contributed by atoms with Gasteiger partial charge in [0.25, 0.3) is 11.8 Å². The lowest BCUT2D eigenvalue weighted by Crippen LogP contribution is -2.48. The van der Waals surface area contributed by atoms with Crippen LogP contribution in [0, 0.1) is 12.8 Å². The summed E-state index contributed by atoms with van der Waals surface area (Å²) in [6.45, 7) is 4.42. The Balaban J connectivity index is 0.00000208. The maximum atomic E-state index is 12.2. The van der Waals surface area contributed by atoms with Gasteiger partial charge in [-0.3, -0.25) is 9.59 Å². The third-order valence-electron chi connectivity index (χ3n) is 3.91. The summed E-state index contributed by atoms with van der Waals surface area (Å²) in [7, 11) is 0. The Morgan fingerprint density at radius 2 is 2.04 bits per heavy atom. The normalized spacial score (nSPS) is 13.5. The first kappa shape index (κ1) is 18.0. The summed E-state index contributed by atoms with van der Waals surface area (Å²) >= 11 is 0. The van der Waals surface area contributed by atoms with Gasteiger partial charge in [-0.2, -0.15) is 0 Å². The van der Waals surface area contributed by atoms with Crippen molar-refractivity contribution in [2.45, 2.75) is 6.92 Å². The smallest absolute Gasteiger partial charge is 0.291 e. The predicted octanol–water partition coefficient (Wildman–Crippen LogP) is 2.21. The number of nitrogens with one attached hydrogen (secondary N) is 3. The largest absolute Gasteiger partial charge is 0.459 e. The molecule has 0 saturated carbocycles. The van der Waals surface area contributed by atoms with Gasteiger partial charge in [-0.05, 0) is 36.8 Å². The van der Waals surface area contributed by atoms with E-state index in [4.69, 9.17) is 4.42 Å². The van der Waals surface area contributed by atoms with Gasteiger partial charge in [0.1, 0.15) is 0 Å². The van der Waals surface area contributed by atoms with Crippen LogP contribution in [0.3, 0.4) is 0 Å². The lowest BCUT2D eigenvalue weighted by Gasteiger charge is -2.27. The number of aryl methyl sites for hydroxylation is 1. The molecule has 1 aliphatic heterocycles. The van der Waals surface area contributed by atoms with E-state index in [1.165, 1.54) is 6.26 Å². The first-order valence-corrected chi connectivity index (χ1v) is 7.58. The van der Waals surface area contributed by atoms with Gasteiger partial charge < -0.3 is 20.4 Å². The molecule has 24 heavy (non-hydrogen) atoms. The zero-order valence-electron chi connectivity index (χ0n) is 13.3. The van der Waals surface area contributed by atoms with Gasteiger partial charge in [-0.25, -0.2) is 0 Å². The number of carbonyl (C=O) groups is 2. The predicted molar refractivity (Wildman–Crippen MR) is 93.8 cm³/mol. The molecule has 1 aliphatic rings. The molecule has 128 valence electrons. The Bertz CT molecular complexity index is 712. The molecule has 3 rings (SSSR count). The Kier molecular flexibility index (Phi) is 6.00. The summed E-state index contributed by atoms with van der Waals surface area (Å²) in [6.07, 6.45) is 1.45. The highest BCUT2D eigenvalue weighted by atomic mass is 35.5. The van der Waals surface area contributed by atoms with Gasteiger partial charge >= 0.3 is 0 Å². The van der Waals surface area contributed by atoms with Crippen molar-refractivity contribution in [3.8, 4) is 0 Å². The number of benzene rings is 1. The maximum absolute atomic E-state index is 12.2. The Morgan fingerprint density at radius 3 is 2.67 bits per heavy atom. The molecule has 3 N–H and O–H groups in total. The molecule has 2 aromatic rings. The number of carbonyl (C=O) groups excluding carboxylic acids is 2. The second kappa shape index (κ2) is 7.99. The highest BCUT2D eigenvalue weighted by Gasteiger charge is 2.18. The zero-order valence-corrected chi connectivity index (χ0v) is 14.1. The third-order valence-corrected chi connectivity index (χ3v) is 3.91. The minimum Gasteiger partial charge on any atom is -0.459 e. The monoisotopic (exact) mass is 349 g/mol. The molecule has 0 radical (unpaired) electrons. The van der Waals surface area contributed by atoms with Crippen molar-refractivity contribution in [2.75, 3.05) is 25.0 Å². The Labute approximate surface area is 146 Å². The average Bonchev–Trinajstić information content (AvgIpc) is 3.02. The highest BCUT2D eigenvalue weighted by molar-refractivity contribution is 6.03. The van der Waals surface area contributed by atoms with Gasteiger partial charge in [0, 0.05) is 36.8 Å². The average molecular weight is 350 g/mol. The van der Waals surface area contributed by atoms with Crippen molar-refractivity contribution in [1.82, 2.24) is 10.6 Å². The molecule has 0 unspecified atom stereocenters. The molecular formula is C17H20ClN3O3. The highest BCUT2D eigenvalue weighted by Crippen LogP contribution is 2.18. The fraction of sp³-hybridized carbons (Fsp3) is 0.294. The molecule has 0 aliphatic carbocycles. The number of hydrogen-bond donors (Lipinski definition) is 3. The van der Waals surface area contributed by atoms with Crippen molar-refractivity contribution >= 4 is 29.9 Å². The Hall–Kier alpha value is -2.31. The van der Waals surface area contributed by atoms with Crippen LogP contribution in [0.2, 0.25) is 0 Å². The Morgan fingerprint density at radius 1 is 1.25 bits per heavy atom. The molecule has 0 atom stereocenters. The molecule has 1 aromatic carbocycles. The molecule has 1 aromatic heterocycles. The molecule has 1 fully saturated rings. The van der Waals surface area contributed by atoms with Crippen molar-refractivity contribution in [3.05, 3.63) is 53.5 Å². The number of amides is 2. The van der Waals surface area contributed by atoms with Gasteiger partial charge in [0.05, 0.1) is 6.26 Å². The summed E-state index contributed by atoms with van der Waals surface area (Å²) < 4.78 is 5.07. The van der Waals surface area contributed by atoms with E-state index in [0.29, 0.717) is 23.7 Å². The van der Waals surface area contributed by atoms with Crippen LogP contribution in [-0.4, -0.2) is 31.4 Å². The lowest BCUT2D eigenvalue weighted by molar-refractivity contribution is 0.0940. The van der Waals surface area contributed by atoms with Crippen molar-refractivity contribution in [1.29, 1.82) is 0 Å². The summed E-state index contributed by atoms with van der Waals surface area (Å²) in [5, 5.41) is 8.86. The van der Waals surface area contributed by atoms with Crippen molar-refractivity contribution < 1.29 is 14.0 Å². The number of hydrogen-bond acceptors (Lipinski definition) is 4. The van der Waals surface area contributed by atoms with Crippen LogP contribution >= 0.6 is 12.4 Å². The SMILES string of the molecule is Cc1ccc(C(=O)NCC2CNC2)cc1NC(=O)c1ccco1.Cl. The van der Waals surface area contributed by atoms with E-state index in [1.807, 2.05) is 13.0 Å². The van der Waals surface area contributed by atoms with Crippen LogP contribution in [-0.2, 0) is 0 Å². The molecular weight excluding hydrogens is 330 g/mol. The van der Waals surface area contributed by atoms with Gasteiger partial charge in [-0.1, -0.05) is 6.07 Å². The number of rotatable bonds is 5. The summed E-state index contributed by atoms with van der Waals surface area (Å²) in [4.78, 5) is 24.3. The fourth-order valence-corrected chi connectivity index (χ4v) is 2.32. The molecule has 1 saturated heterocycles. The minimum atomic E-state index is -0.337. The molecule has 0 bridgehead atoms. The van der Waals surface area contributed by atoms with Crippen LogP contribution in [0.15, 0.2) is 41.0 Å². The van der Waals surface area contributed by atoms with Crippen LogP contribution in [0.4, 0.5) is 5.69 Å². The molecule has 2 amide bonds. The van der Waals surface area contributed by atoms with Crippen LogP contribution in [0.25, 0.3) is 0 Å². The standard InChI is InChI=1S/C17H19N3O3.ClH/c1-11-4-5-13(16(21)19-10-12-8-18-9-12)7-14(11)20-17(22)15-3-2-6-23-15;/h2-7,12,18H,8-10H2,1H3,(H,19,21)(H,20,22);1H. The third kappa shape index (κ3) is 4.15. The first-order valence-electron chi connectivity index (χ1n) is 7.58. The van der Waals surface area contributed by atoms with E-state index in [1.54, 1.807) is 24.3 Å². The van der Waals surface area contributed by atoms with E-state index < -0.39 is 0 Å². The lowest BCUT2D eigenvalue weighted by atomic mass is 10.0. The van der Waals surface area contributed by atoms with Crippen LogP contribution in [0.5, 0.6) is 0 Å². The molecule has 7 heteroatoms. The van der Waals surface area contributed by atoms with Crippen molar-refractivity contribution in [3.63, 3.8) is 0 Å². The van der Waals surface area contributed by atoms with Crippen molar-refractivity contribution in [2.24, 2.45) is 5.92 Å². The number of furan rings is 1. The maximum Gasteiger partial charge on any atom is 0.291 e. The molecule has 6 nitrogen and oxygen atoms in total. The van der Waals surface area contributed by atoms with E-state index in [0.717, 1.165) is 18.7 Å². The second-order valence-electron chi connectivity index (χ2n) is 5.70. The summed E-state index contributed by atoms with van der Waals surface area (Å²) in [5.41, 5.74) is 2.01. The number of halogens is 1. The minimum absolute atomic E-state index is 0. The fourth-order valence-electron chi connectivity index (χ4n) is 2.32. The van der Waals surface area contributed by atoms with Crippen LogP contribution < -0.4 is 16.0 Å². The van der Waals surface area contributed by atoms with Gasteiger partial charge in [0.15, 0.2) is 5.76 Å². The first-order chi connectivity index (χ1) is 11.1. The van der Waals surface area contributed by atoms with Gasteiger partial charge in [0.2, 0.25) is 0 Å². The van der Waals surface area contributed by atoms with E-state index in [9.17, 15) is 9.59 Å². The van der Waals surface area contributed by atoms with E-state index in [-0.39, 0.29) is 30.0 Å². The van der Waals surface area contributed by atoms with E-state index in [2.05, 4.69) is 16.0 Å². The summed E-state index contributed by atoms with van der Waals surface area (Å²) in [5.74, 6) is 0.265. The van der Waals surface area contributed by atoms with Crippen LogP contribution in [0.1, 0.15) is 26.5 Å². The van der Waals surface area contributed by atoms with Gasteiger partial charge in [-0.15, -0.1) is 12.4 Å². The summed E-state index contributed by atoms with van der Waals surface area (Å²) in [6, 6.07) is 8.50. The zero-order chi connectivity index (χ0) is 16.2. The van der Waals surface area contributed by atoms with E-state index >= 15 is 0 Å². The quantitative estimate of drug-likeness (QED) is 0.772. The molecule has 0 spiro atoms.